The largest absolute Gasteiger partial charge is 0.328 e. The zero-order chi connectivity index (χ0) is 16.5. The molecule has 1 fully saturated rings. The summed E-state index contributed by atoms with van der Waals surface area (Å²) in [5.41, 5.74) is 5.85. The second-order valence-electron chi connectivity index (χ2n) is 5.59. The highest BCUT2D eigenvalue weighted by Crippen LogP contribution is 2.33. The van der Waals surface area contributed by atoms with Gasteiger partial charge in [-0.15, -0.1) is 12.4 Å². The first-order valence-corrected chi connectivity index (χ1v) is 8.79. The van der Waals surface area contributed by atoms with E-state index in [-0.39, 0.29) is 34.4 Å². The summed E-state index contributed by atoms with van der Waals surface area (Å²) in [4.78, 5) is 10.0. The third kappa shape index (κ3) is 4.77. The number of aryl methyl sites for hydroxylation is 1. The molecular weight excluding hydrogens is 365 g/mol. The third-order valence-corrected chi connectivity index (χ3v) is 5.80. The third-order valence-electron chi connectivity index (χ3n) is 3.74. The summed E-state index contributed by atoms with van der Waals surface area (Å²) in [7, 11) is -3.91. The van der Waals surface area contributed by atoms with Crippen LogP contribution < -0.4 is 10.5 Å². The smallest absolute Gasteiger partial charge is 0.289 e. The van der Waals surface area contributed by atoms with E-state index in [0.717, 1.165) is 12.8 Å². The molecule has 1 aromatic carbocycles. The minimum Gasteiger partial charge on any atom is -0.328 e. The van der Waals surface area contributed by atoms with Crippen LogP contribution in [-0.2, 0) is 10.0 Å². The summed E-state index contributed by atoms with van der Waals surface area (Å²) in [5.74, 6) is 0. The number of hydrogen-bond donors (Lipinski definition) is 2. The molecule has 1 aromatic rings. The number of sulfonamides is 1. The Morgan fingerprint density at radius 1 is 1.30 bits per heavy atom. The van der Waals surface area contributed by atoms with Crippen molar-refractivity contribution < 1.29 is 13.3 Å². The summed E-state index contributed by atoms with van der Waals surface area (Å²) in [6.07, 6.45) is 2.78. The van der Waals surface area contributed by atoms with Crippen molar-refractivity contribution in [3.63, 3.8) is 0 Å². The van der Waals surface area contributed by atoms with Crippen LogP contribution in [0.15, 0.2) is 17.0 Å². The van der Waals surface area contributed by atoms with E-state index in [1.54, 1.807) is 6.92 Å². The number of halogens is 2. The second kappa shape index (κ2) is 7.76. The average Bonchev–Trinajstić information content (AvgIpc) is 2.43. The topological polar surface area (TPSA) is 115 Å². The van der Waals surface area contributed by atoms with Crippen molar-refractivity contribution in [3.05, 3.63) is 32.8 Å². The summed E-state index contributed by atoms with van der Waals surface area (Å²) in [6, 6.07) is 2.47. The number of nitrogens with two attached hydrogens (primary N) is 1. The van der Waals surface area contributed by atoms with Gasteiger partial charge >= 0.3 is 0 Å². The highest BCUT2D eigenvalue weighted by molar-refractivity contribution is 7.89. The van der Waals surface area contributed by atoms with Crippen molar-refractivity contribution in [2.24, 2.45) is 5.73 Å². The number of rotatable bonds is 4. The van der Waals surface area contributed by atoms with E-state index in [0.29, 0.717) is 18.4 Å². The van der Waals surface area contributed by atoms with E-state index in [1.165, 1.54) is 12.1 Å². The van der Waals surface area contributed by atoms with Crippen LogP contribution in [0, 0.1) is 17.0 Å². The van der Waals surface area contributed by atoms with Gasteiger partial charge in [0.2, 0.25) is 10.0 Å². The average molecular weight is 384 g/mol. The summed E-state index contributed by atoms with van der Waals surface area (Å²) in [6.45, 7) is 1.59. The first kappa shape index (κ1) is 20.1. The first-order chi connectivity index (χ1) is 10.2. The van der Waals surface area contributed by atoms with Crippen LogP contribution in [-0.4, -0.2) is 25.4 Å². The first-order valence-electron chi connectivity index (χ1n) is 6.93. The number of nitro benzene ring substituents is 1. The van der Waals surface area contributed by atoms with Gasteiger partial charge in [-0.05, 0) is 44.2 Å². The molecular formula is C13H19Cl2N3O4S. The molecule has 3 N–H and O–H groups in total. The van der Waals surface area contributed by atoms with E-state index in [9.17, 15) is 18.5 Å². The van der Waals surface area contributed by atoms with Gasteiger partial charge in [0.15, 0.2) is 0 Å². The van der Waals surface area contributed by atoms with E-state index in [2.05, 4.69) is 4.72 Å². The van der Waals surface area contributed by atoms with Gasteiger partial charge in [-0.3, -0.25) is 10.1 Å². The van der Waals surface area contributed by atoms with E-state index in [1.807, 2.05) is 0 Å². The van der Waals surface area contributed by atoms with Gasteiger partial charge in [-0.25, -0.2) is 13.1 Å². The van der Waals surface area contributed by atoms with Crippen molar-refractivity contribution in [2.75, 3.05) is 0 Å². The summed E-state index contributed by atoms with van der Waals surface area (Å²) >= 11 is 5.92. The Bertz CT molecular complexity index is 689. The molecule has 0 aromatic heterocycles. The quantitative estimate of drug-likeness (QED) is 0.611. The van der Waals surface area contributed by atoms with Gasteiger partial charge in [-0.2, -0.15) is 0 Å². The van der Waals surface area contributed by atoms with Crippen molar-refractivity contribution in [1.29, 1.82) is 0 Å². The lowest BCUT2D eigenvalue weighted by Gasteiger charge is -2.26. The van der Waals surface area contributed by atoms with Crippen LogP contribution in [0.2, 0.25) is 5.02 Å². The number of nitrogens with zero attached hydrogens (tertiary/aromatic N) is 1. The fourth-order valence-corrected chi connectivity index (χ4v) is 4.53. The van der Waals surface area contributed by atoms with Gasteiger partial charge < -0.3 is 5.73 Å². The lowest BCUT2D eigenvalue weighted by Crippen LogP contribution is -2.40. The molecule has 0 unspecified atom stereocenters. The molecule has 23 heavy (non-hydrogen) atoms. The SMILES string of the molecule is Cc1cc([N+](=O)[O-])c(Cl)c(S(=O)(=O)NC2CCC(N)CC2)c1.Cl. The van der Waals surface area contributed by atoms with Crippen LogP contribution in [0.3, 0.4) is 0 Å². The van der Waals surface area contributed by atoms with Gasteiger partial charge in [0, 0.05) is 18.2 Å². The molecule has 1 aliphatic rings. The maximum atomic E-state index is 12.5. The number of nitrogens with one attached hydrogen (secondary N) is 1. The molecule has 10 heteroatoms. The monoisotopic (exact) mass is 383 g/mol. The van der Waals surface area contributed by atoms with Gasteiger partial charge in [-0.1, -0.05) is 11.6 Å². The Morgan fingerprint density at radius 2 is 1.87 bits per heavy atom. The van der Waals surface area contributed by atoms with Crippen LogP contribution in [0.4, 0.5) is 5.69 Å². The van der Waals surface area contributed by atoms with Crippen LogP contribution >= 0.6 is 24.0 Å². The lowest BCUT2D eigenvalue weighted by atomic mass is 9.93. The highest BCUT2D eigenvalue weighted by atomic mass is 35.5. The minimum atomic E-state index is -3.91. The van der Waals surface area contributed by atoms with E-state index in [4.69, 9.17) is 17.3 Å². The summed E-state index contributed by atoms with van der Waals surface area (Å²) < 4.78 is 27.5. The zero-order valence-corrected chi connectivity index (χ0v) is 14.9. The lowest BCUT2D eigenvalue weighted by molar-refractivity contribution is -0.385. The van der Waals surface area contributed by atoms with Crippen LogP contribution in [0.25, 0.3) is 0 Å². The fraction of sp³-hybridized carbons (Fsp3) is 0.538. The molecule has 130 valence electrons. The Hall–Kier alpha value is -0.930. The van der Waals surface area contributed by atoms with Gasteiger partial charge in [0.25, 0.3) is 5.69 Å². The maximum Gasteiger partial charge on any atom is 0.289 e. The predicted molar refractivity (Wildman–Crippen MR) is 90.6 cm³/mol. The Morgan fingerprint density at radius 3 is 2.39 bits per heavy atom. The fourth-order valence-electron chi connectivity index (χ4n) is 2.57. The summed E-state index contributed by atoms with van der Waals surface area (Å²) in [5, 5.41) is 10.6. The molecule has 0 atom stereocenters. The standard InChI is InChI=1S/C13H18ClN3O4S.ClH/c1-8-6-11(17(18)19)13(14)12(7-8)22(20,21)16-10-4-2-9(15)3-5-10;/h6-7,9-10,16H,2-5,15H2,1H3;1H. The van der Waals surface area contributed by atoms with Crippen LogP contribution in [0.5, 0.6) is 0 Å². The van der Waals surface area contributed by atoms with Crippen molar-refractivity contribution in [1.82, 2.24) is 4.72 Å². The number of benzene rings is 1. The molecule has 1 aliphatic carbocycles. The van der Waals surface area contributed by atoms with E-state index >= 15 is 0 Å². The predicted octanol–water partition coefficient (Wildman–Crippen LogP) is 2.53. The molecule has 2 rings (SSSR count). The molecule has 0 radical (unpaired) electrons. The highest BCUT2D eigenvalue weighted by Gasteiger charge is 2.29. The molecule has 0 aliphatic heterocycles. The molecule has 0 saturated heterocycles. The normalized spacial score (nSPS) is 21.5. The maximum absolute atomic E-state index is 12.5. The minimum absolute atomic E-state index is 0. The molecule has 1 saturated carbocycles. The molecule has 0 bridgehead atoms. The van der Waals surface area contributed by atoms with Gasteiger partial charge in [0.1, 0.15) is 9.92 Å². The molecule has 0 spiro atoms. The van der Waals surface area contributed by atoms with Gasteiger partial charge in [0.05, 0.1) is 4.92 Å². The molecule has 0 heterocycles. The van der Waals surface area contributed by atoms with Crippen LogP contribution in [0.1, 0.15) is 31.2 Å². The molecule has 7 nitrogen and oxygen atoms in total. The number of nitro groups is 1. The van der Waals surface area contributed by atoms with Crippen molar-refractivity contribution in [2.45, 2.75) is 49.6 Å². The van der Waals surface area contributed by atoms with E-state index < -0.39 is 20.6 Å². The Balaban J connectivity index is 0.00000264. The Kier molecular flexibility index (Phi) is 6.79. The zero-order valence-electron chi connectivity index (χ0n) is 12.5. The molecule has 0 amide bonds. The van der Waals surface area contributed by atoms with Crippen molar-refractivity contribution >= 4 is 39.7 Å². The number of hydrogen-bond acceptors (Lipinski definition) is 5. The second-order valence-corrected chi connectivity index (χ2v) is 7.65. The Labute approximate surface area is 146 Å². The van der Waals surface area contributed by atoms with Crippen molar-refractivity contribution in [3.8, 4) is 0 Å².